The van der Waals surface area contributed by atoms with Crippen molar-refractivity contribution in [2.24, 2.45) is 0 Å². The maximum Gasteiger partial charge on any atom is 0.306 e. The minimum atomic E-state index is -0.905. The maximum atomic E-state index is 13.4. The molecular formula is C15H12FN5O3S. The van der Waals surface area contributed by atoms with E-state index in [2.05, 4.69) is 20.3 Å². The number of benzene rings is 1. The second-order valence-electron chi connectivity index (χ2n) is 4.91. The Bertz CT molecular complexity index is 947. The second-order valence-corrected chi connectivity index (χ2v) is 5.87. The number of nitro benzene ring substituents is 1. The van der Waals surface area contributed by atoms with Crippen molar-refractivity contribution in [1.82, 2.24) is 15.0 Å². The van der Waals surface area contributed by atoms with E-state index < -0.39 is 16.4 Å². The standard InChI is InChI=1S/C15H12FN5O3S/c1-8-13(25-15(18-8)24-2)11-5-6-17-14(20-11)19-9-3-4-10(16)12(7-9)21(22)23/h3-7H,1-2H3,(H,17,19,20). The number of halogens is 1. The molecule has 0 spiro atoms. The monoisotopic (exact) mass is 361 g/mol. The third kappa shape index (κ3) is 3.53. The molecule has 25 heavy (non-hydrogen) atoms. The van der Waals surface area contributed by atoms with E-state index in [9.17, 15) is 14.5 Å². The minimum absolute atomic E-state index is 0.227. The molecule has 1 aromatic carbocycles. The fourth-order valence-corrected chi connectivity index (χ4v) is 2.95. The quantitative estimate of drug-likeness (QED) is 0.546. The van der Waals surface area contributed by atoms with Crippen LogP contribution in [0, 0.1) is 22.9 Å². The molecule has 3 rings (SSSR count). The predicted molar refractivity (Wildman–Crippen MR) is 90.8 cm³/mol. The first-order chi connectivity index (χ1) is 12.0. The van der Waals surface area contributed by atoms with E-state index >= 15 is 0 Å². The highest BCUT2D eigenvalue weighted by Gasteiger charge is 2.16. The smallest absolute Gasteiger partial charge is 0.306 e. The van der Waals surface area contributed by atoms with Gasteiger partial charge in [0.2, 0.25) is 11.8 Å². The van der Waals surface area contributed by atoms with Gasteiger partial charge < -0.3 is 10.1 Å². The molecule has 2 aromatic heterocycles. The molecule has 0 unspecified atom stereocenters. The number of nitro groups is 1. The molecule has 8 nitrogen and oxygen atoms in total. The van der Waals surface area contributed by atoms with Gasteiger partial charge in [-0.2, -0.15) is 4.39 Å². The third-order valence-electron chi connectivity index (χ3n) is 3.24. The summed E-state index contributed by atoms with van der Waals surface area (Å²) in [5.41, 5.74) is 1.09. The molecule has 0 aliphatic rings. The number of aromatic nitrogens is 3. The summed E-state index contributed by atoms with van der Waals surface area (Å²) in [5.74, 6) is -0.678. The number of anilines is 2. The van der Waals surface area contributed by atoms with Crippen LogP contribution in [0.4, 0.5) is 21.7 Å². The molecule has 0 fully saturated rings. The van der Waals surface area contributed by atoms with Crippen LogP contribution in [0.25, 0.3) is 10.6 Å². The Hall–Kier alpha value is -3.14. The fourth-order valence-electron chi connectivity index (χ4n) is 2.10. The first-order valence-electron chi connectivity index (χ1n) is 7.03. The van der Waals surface area contributed by atoms with Gasteiger partial charge >= 0.3 is 5.69 Å². The Kier molecular flexibility index (Phi) is 4.52. The average molecular weight is 361 g/mol. The van der Waals surface area contributed by atoms with Crippen LogP contribution >= 0.6 is 11.3 Å². The minimum Gasteiger partial charge on any atom is -0.473 e. The lowest BCUT2D eigenvalue weighted by molar-refractivity contribution is -0.387. The lowest BCUT2D eigenvalue weighted by Gasteiger charge is -2.06. The molecule has 0 saturated heterocycles. The van der Waals surface area contributed by atoms with Gasteiger partial charge in [0, 0.05) is 18.0 Å². The van der Waals surface area contributed by atoms with Gasteiger partial charge in [0.25, 0.3) is 5.19 Å². The molecule has 10 heteroatoms. The summed E-state index contributed by atoms with van der Waals surface area (Å²) in [6.45, 7) is 1.84. The van der Waals surface area contributed by atoms with Crippen LogP contribution < -0.4 is 10.1 Å². The van der Waals surface area contributed by atoms with Crippen molar-refractivity contribution in [2.75, 3.05) is 12.4 Å². The zero-order chi connectivity index (χ0) is 18.0. The van der Waals surface area contributed by atoms with Crippen molar-refractivity contribution in [3.8, 4) is 15.8 Å². The molecule has 0 bridgehead atoms. The van der Waals surface area contributed by atoms with Crippen LogP contribution in [0.15, 0.2) is 30.5 Å². The Morgan fingerprint density at radius 2 is 2.12 bits per heavy atom. The average Bonchev–Trinajstić information content (AvgIpc) is 2.97. The van der Waals surface area contributed by atoms with Crippen molar-refractivity contribution < 1.29 is 14.1 Å². The van der Waals surface area contributed by atoms with Crippen molar-refractivity contribution in [2.45, 2.75) is 6.92 Å². The molecule has 3 aromatic rings. The summed E-state index contributed by atoms with van der Waals surface area (Å²) in [5, 5.41) is 14.2. The summed E-state index contributed by atoms with van der Waals surface area (Å²) < 4.78 is 18.5. The summed E-state index contributed by atoms with van der Waals surface area (Å²) in [6, 6.07) is 5.20. The second kappa shape index (κ2) is 6.77. The van der Waals surface area contributed by atoms with Gasteiger partial charge in [0.05, 0.1) is 28.3 Å². The van der Waals surface area contributed by atoms with Crippen molar-refractivity contribution >= 4 is 28.7 Å². The van der Waals surface area contributed by atoms with Gasteiger partial charge in [-0.25, -0.2) is 15.0 Å². The van der Waals surface area contributed by atoms with Crippen LogP contribution in [0.2, 0.25) is 0 Å². The lowest BCUT2D eigenvalue weighted by Crippen LogP contribution is -1.99. The van der Waals surface area contributed by atoms with Crippen LogP contribution in [-0.2, 0) is 0 Å². The van der Waals surface area contributed by atoms with E-state index in [1.165, 1.54) is 24.5 Å². The van der Waals surface area contributed by atoms with Gasteiger partial charge in [0.15, 0.2) is 0 Å². The number of nitrogens with one attached hydrogen (secondary N) is 1. The number of nitrogens with zero attached hydrogens (tertiary/aromatic N) is 4. The topological polar surface area (TPSA) is 103 Å². The number of hydrogen-bond acceptors (Lipinski definition) is 8. The molecular weight excluding hydrogens is 349 g/mol. The summed E-state index contributed by atoms with van der Waals surface area (Å²) in [4.78, 5) is 23.6. The molecule has 2 heterocycles. The van der Waals surface area contributed by atoms with E-state index in [0.29, 0.717) is 16.6 Å². The molecule has 0 atom stereocenters. The van der Waals surface area contributed by atoms with Gasteiger partial charge in [0.1, 0.15) is 0 Å². The highest BCUT2D eigenvalue weighted by molar-refractivity contribution is 7.17. The number of ether oxygens (including phenoxy) is 1. The normalized spacial score (nSPS) is 10.5. The van der Waals surface area contributed by atoms with Gasteiger partial charge in [-0.3, -0.25) is 10.1 Å². The highest BCUT2D eigenvalue weighted by atomic mass is 32.1. The summed E-state index contributed by atoms with van der Waals surface area (Å²) in [7, 11) is 1.54. The highest BCUT2D eigenvalue weighted by Crippen LogP contribution is 2.33. The first kappa shape index (κ1) is 16.7. The third-order valence-corrected chi connectivity index (χ3v) is 4.38. The van der Waals surface area contributed by atoms with E-state index in [-0.39, 0.29) is 5.95 Å². The molecule has 0 aliphatic carbocycles. The molecule has 0 amide bonds. The SMILES string of the molecule is COc1nc(C)c(-c2ccnc(Nc3ccc(F)c([N+](=O)[O-])c3)n2)s1. The van der Waals surface area contributed by atoms with Gasteiger partial charge in [-0.05, 0) is 25.1 Å². The number of rotatable bonds is 5. The van der Waals surface area contributed by atoms with E-state index in [1.54, 1.807) is 12.3 Å². The first-order valence-corrected chi connectivity index (χ1v) is 7.85. The van der Waals surface area contributed by atoms with Crippen molar-refractivity contribution in [1.29, 1.82) is 0 Å². The molecule has 0 radical (unpaired) electrons. The van der Waals surface area contributed by atoms with E-state index in [0.717, 1.165) is 22.7 Å². The number of methoxy groups -OCH3 is 1. The largest absolute Gasteiger partial charge is 0.473 e. The fraction of sp³-hybridized carbons (Fsp3) is 0.133. The van der Waals surface area contributed by atoms with Crippen LogP contribution in [-0.4, -0.2) is 27.0 Å². The van der Waals surface area contributed by atoms with Crippen LogP contribution in [0.3, 0.4) is 0 Å². The van der Waals surface area contributed by atoms with Crippen LogP contribution in [0.1, 0.15) is 5.69 Å². The molecule has 0 saturated carbocycles. The van der Waals surface area contributed by atoms with Crippen molar-refractivity contribution in [3.63, 3.8) is 0 Å². The zero-order valence-corrected chi connectivity index (χ0v) is 14.0. The van der Waals surface area contributed by atoms with Crippen LogP contribution in [0.5, 0.6) is 5.19 Å². The van der Waals surface area contributed by atoms with Crippen molar-refractivity contribution in [3.05, 3.63) is 52.1 Å². The molecule has 0 aliphatic heterocycles. The Morgan fingerprint density at radius 3 is 2.80 bits per heavy atom. The van der Waals surface area contributed by atoms with E-state index in [4.69, 9.17) is 4.74 Å². The molecule has 1 N–H and O–H groups in total. The number of hydrogen-bond donors (Lipinski definition) is 1. The molecule has 128 valence electrons. The summed E-state index contributed by atoms with van der Waals surface area (Å²) >= 11 is 1.35. The van der Waals surface area contributed by atoms with E-state index in [1.807, 2.05) is 6.92 Å². The Labute approximate surface area is 145 Å². The van der Waals surface area contributed by atoms with Gasteiger partial charge in [-0.15, -0.1) is 0 Å². The number of thiazole rings is 1. The number of aryl methyl sites for hydroxylation is 1. The van der Waals surface area contributed by atoms with Gasteiger partial charge in [-0.1, -0.05) is 11.3 Å². The lowest BCUT2D eigenvalue weighted by atomic mass is 10.2. The predicted octanol–water partition coefficient (Wildman–Crippen LogP) is 3.71. The summed E-state index contributed by atoms with van der Waals surface area (Å²) in [6.07, 6.45) is 1.55. The maximum absolute atomic E-state index is 13.4. The Balaban J connectivity index is 1.91. The zero-order valence-electron chi connectivity index (χ0n) is 13.2. The Morgan fingerprint density at radius 1 is 1.32 bits per heavy atom.